The van der Waals surface area contributed by atoms with E-state index in [-0.39, 0.29) is 6.54 Å². The van der Waals surface area contributed by atoms with E-state index in [0.29, 0.717) is 4.99 Å². The number of thiocarbonyl (C=S) groups is 1. The molecule has 1 aromatic carbocycles. The number of hydrogen-bond donors (Lipinski definition) is 2. The fourth-order valence-electron chi connectivity index (χ4n) is 1.33. The largest absolute Gasteiger partial charge is 0.389 e. The van der Waals surface area contributed by atoms with Crippen LogP contribution in [0.4, 0.5) is 5.69 Å². The van der Waals surface area contributed by atoms with Gasteiger partial charge in [0.1, 0.15) is 4.99 Å². The first-order valence-electron chi connectivity index (χ1n) is 4.40. The van der Waals surface area contributed by atoms with Gasteiger partial charge in [0.05, 0.1) is 6.54 Å². The summed E-state index contributed by atoms with van der Waals surface area (Å²) in [6.07, 6.45) is 0. The first-order valence-corrected chi connectivity index (χ1v) is 4.81. The number of hydrogen-bond acceptors (Lipinski definition) is 3. The lowest BCUT2D eigenvalue weighted by Gasteiger charge is -2.20. The van der Waals surface area contributed by atoms with Gasteiger partial charge in [0.15, 0.2) is 0 Å². The van der Waals surface area contributed by atoms with Crippen molar-refractivity contribution >= 4 is 28.8 Å². The minimum Gasteiger partial charge on any atom is -0.389 e. The highest BCUT2D eigenvalue weighted by molar-refractivity contribution is 7.80. The summed E-state index contributed by atoms with van der Waals surface area (Å²) in [6.45, 7) is 0.139. The number of rotatable bonds is 4. The van der Waals surface area contributed by atoms with E-state index in [1.165, 1.54) is 0 Å². The van der Waals surface area contributed by atoms with Crippen molar-refractivity contribution in [1.82, 2.24) is 0 Å². The highest BCUT2D eigenvalue weighted by Gasteiger charge is 2.10. The molecule has 0 aliphatic rings. The fourth-order valence-corrected chi connectivity index (χ4v) is 1.51. The van der Waals surface area contributed by atoms with Gasteiger partial charge in [-0.1, -0.05) is 24.4 Å². The molecule has 0 radical (unpaired) electrons. The molecule has 0 fully saturated rings. The Morgan fingerprint density at radius 3 is 2.53 bits per heavy atom. The summed E-state index contributed by atoms with van der Waals surface area (Å²) in [7, 11) is 1.77. The molecular formula is C10H13N3OS. The van der Waals surface area contributed by atoms with Gasteiger partial charge in [0.25, 0.3) is 0 Å². The quantitative estimate of drug-likeness (QED) is 0.717. The van der Waals surface area contributed by atoms with Crippen LogP contribution in [0.3, 0.4) is 0 Å². The number of nitrogens with zero attached hydrogens (tertiary/aromatic N) is 1. The summed E-state index contributed by atoms with van der Waals surface area (Å²) in [5.41, 5.74) is 12.2. The van der Waals surface area contributed by atoms with E-state index in [2.05, 4.69) is 0 Å². The third kappa shape index (κ3) is 2.92. The Labute approximate surface area is 93.9 Å². The van der Waals surface area contributed by atoms with Gasteiger partial charge in [-0.15, -0.1) is 0 Å². The van der Waals surface area contributed by atoms with Gasteiger partial charge in [0.2, 0.25) is 5.91 Å². The van der Waals surface area contributed by atoms with Gasteiger partial charge in [-0.05, 0) is 12.1 Å². The third-order valence-electron chi connectivity index (χ3n) is 1.97. The molecule has 1 rings (SSSR count). The van der Waals surface area contributed by atoms with Crippen molar-refractivity contribution in [3.8, 4) is 0 Å². The van der Waals surface area contributed by atoms with Crippen LogP contribution in [0.2, 0.25) is 0 Å². The molecule has 4 nitrogen and oxygen atoms in total. The van der Waals surface area contributed by atoms with Crippen LogP contribution in [0.1, 0.15) is 5.56 Å². The Bertz CT molecular complexity index is 392. The number of benzene rings is 1. The summed E-state index contributed by atoms with van der Waals surface area (Å²) in [5.74, 6) is -0.393. The number of carbonyl (C=O) groups excluding carboxylic acids is 1. The van der Waals surface area contributed by atoms with Gasteiger partial charge in [0, 0.05) is 18.3 Å². The van der Waals surface area contributed by atoms with Crippen molar-refractivity contribution in [1.29, 1.82) is 0 Å². The molecule has 0 spiro atoms. The maximum atomic E-state index is 10.8. The maximum absolute atomic E-state index is 10.8. The van der Waals surface area contributed by atoms with Crippen LogP contribution in [-0.2, 0) is 4.79 Å². The molecule has 4 N–H and O–H groups in total. The van der Waals surface area contributed by atoms with Crippen molar-refractivity contribution in [3.05, 3.63) is 29.8 Å². The molecule has 1 aromatic rings. The lowest BCUT2D eigenvalue weighted by atomic mass is 10.1. The van der Waals surface area contributed by atoms with Crippen molar-refractivity contribution in [2.45, 2.75) is 0 Å². The van der Waals surface area contributed by atoms with Gasteiger partial charge >= 0.3 is 0 Å². The van der Waals surface area contributed by atoms with Crippen molar-refractivity contribution in [2.75, 3.05) is 18.5 Å². The number of primary amides is 1. The summed E-state index contributed by atoms with van der Waals surface area (Å²) in [6, 6.07) is 7.36. The van der Waals surface area contributed by atoms with Crippen molar-refractivity contribution < 1.29 is 4.79 Å². The second-order valence-electron chi connectivity index (χ2n) is 3.20. The molecule has 0 heterocycles. The van der Waals surface area contributed by atoms with E-state index in [1.54, 1.807) is 11.9 Å². The van der Waals surface area contributed by atoms with Crippen LogP contribution < -0.4 is 16.4 Å². The molecular weight excluding hydrogens is 210 g/mol. The molecule has 0 atom stereocenters. The van der Waals surface area contributed by atoms with Crippen LogP contribution in [0.5, 0.6) is 0 Å². The first-order chi connectivity index (χ1) is 7.02. The minimum absolute atomic E-state index is 0.139. The van der Waals surface area contributed by atoms with Crippen LogP contribution in [0, 0.1) is 0 Å². The van der Waals surface area contributed by atoms with E-state index in [9.17, 15) is 4.79 Å². The van der Waals surface area contributed by atoms with E-state index in [0.717, 1.165) is 11.3 Å². The van der Waals surface area contributed by atoms with Crippen LogP contribution in [-0.4, -0.2) is 24.5 Å². The van der Waals surface area contributed by atoms with Gasteiger partial charge in [-0.2, -0.15) is 0 Å². The molecule has 80 valence electrons. The topological polar surface area (TPSA) is 72.3 Å². The van der Waals surface area contributed by atoms with Gasteiger partial charge < -0.3 is 16.4 Å². The second kappa shape index (κ2) is 4.75. The molecule has 0 unspecified atom stereocenters. The second-order valence-corrected chi connectivity index (χ2v) is 3.64. The SMILES string of the molecule is CN(CC(N)=O)c1ccccc1C(N)=S. The maximum Gasteiger partial charge on any atom is 0.236 e. The number of anilines is 1. The minimum atomic E-state index is -0.393. The molecule has 0 saturated heterocycles. The fraction of sp³-hybridized carbons (Fsp3) is 0.200. The lowest BCUT2D eigenvalue weighted by molar-refractivity contribution is -0.116. The Morgan fingerprint density at radius 1 is 1.40 bits per heavy atom. The van der Waals surface area contributed by atoms with E-state index in [4.69, 9.17) is 23.7 Å². The Morgan fingerprint density at radius 2 is 2.00 bits per heavy atom. The summed E-state index contributed by atoms with van der Waals surface area (Å²) >= 11 is 4.92. The number of carbonyl (C=O) groups is 1. The van der Waals surface area contributed by atoms with E-state index in [1.807, 2.05) is 24.3 Å². The first kappa shape index (κ1) is 11.5. The molecule has 0 bridgehead atoms. The molecule has 0 saturated carbocycles. The highest BCUT2D eigenvalue weighted by Crippen LogP contribution is 2.18. The van der Waals surface area contributed by atoms with Crippen LogP contribution in [0.25, 0.3) is 0 Å². The van der Waals surface area contributed by atoms with Gasteiger partial charge in [-0.3, -0.25) is 4.79 Å². The molecule has 5 heteroatoms. The standard InChI is InChI=1S/C10H13N3OS/c1-13(6-9(11)14)8-5-3-2-4-7(8)10(12)15/h2-5H,6H2,1H3,(H2,11,14)(H2,12,15). The Kier molecular flexibility index (Phi) is 3.62. The highest BCUT2D eigenvalue weighted by atomic mass is 32.1. The number of amides is 1. The van der Waals surface area contributed by atoms with Crippen LogP contribution >= 0.6 is 12.2 Å². The normalized spacial score (nSPS) is 9.67. The smallest absolute Gasteiger partial charge is 0.236 e. The monoisotopic (exact) mass is 223 g/mol. The van der Waals surface area contributed by atoms with Crippen molar-refractivity contribution in [2.24, 2.45) is 11.5 Å². The molecule has 0 aliphatic carbocycles. The average molecular weight is 223 g/mol. The molecule has 15 heavy (non-hydrogen) atoms. The van der Waals surface area contributed by atoms with Gasteiger partial charge in [-0.25, -0.2) is 0 Å². The summed E-state index contributed by atoms with van der Waals surface area (Å²) < 4.78 is 0. The lowest BCUT2D eigenvalue weighted by Crippen LogP contribution is -2.31. The van der Waals surface area contributed by atoms with E-state index >= 15 is 0 Å². The number of para-hydroxylation sites is 1. The average Bonchev–Trinajstić information content (AvgIpc) is 2.16. The summed E-state index contributed by atoms with van der Waals surface area (Å²) in [5, 5.41) is 0. The predicted octanol–water partition coefficient (Wildman–Crippen LogP) is 0.242. The van der Waals surface area contributed by atoms with E-state index < -0.39 is 5.91 Å². The zero-order chi connectivity index (χ0) is 11.4. The Balaban J connectivity index is 3.02. The Hall–Kier alpha value is -1.62. The molecule has 1 amide bonds. The predicted molar refractivity (Wildman–Crippen MR) is 64.8 cm³/mol. The third-order valence-corrected chi connectivity index (χ3v) is 2.19. The number of nitrogens with two attached hydrogens (primary N) is 2. The van der Waals surface area contributed by atoms with Crippen molar-refractivity contribution in [3.63, 3.8) is 0 Å². The molecule has 0 aliphatic heterocycles. The number of likely N-dealkylation sites (N-methyl/N-ethyl adjacent to an activating group) is 1. The summed E-state index contributed by atoms with van der Waals surface area (Å²) in [4.78, 5) is 12.8. The zero-order valence-electron chi connectivity index (χ0n) is 8.43. The molecule has 0 aromatic heterocycles. The van der Waals surface area contributed by atoms with Crippen LogP contribution in [0.15, 0.2) is 24.3 Å². The zero-order valence-corrected chi connectivity index (χ0v) is 9.25.